The van der Waals surface area contributed by atoms with E-state index in [4.69, 9.17) is 8.53 Å². The molecule has 4 rings (SSSR count). The molecule has 6 heteroatoms. The molecule has 2 aromatic heterocycles. The number of carbonyl (C=O) groups is 1. The smallest absolute Gasteiger partial charge is 0.338 e. The van der Waals surface area contributed by atoms with Crippen molar-refractivity contribution in [1.29, 1.82) is 0 Å². The third-order valence-corrected chi connectivity index (χ3v) is 5.19. The predicted molar refractivity (Wildman–Crippen MR) is 103 cm³/mol. The summed E-state index contributed by atoms with van der Waals surface area (Å²) in [5.41, 5.74) is -0.776. The van der Waals surface area contributed by atoms with Gasteiger partial charge in [-0.3, -0.25) is 0 Å². The van der Waals surface area contributed by atoms with E-state index in [0.717, 1.165) is 0 Å². The third-order valence-electron chi connectivity index (χ3n) is 5.19. The minimum absolute atomic E-state index is 0.0370. The lowest BCUT2D eigenvalue weighted by Crippen LogP contribution is -2.48. The van der Waals surface area contributed by atoms with E-state index in [1.54, 1.807) is 42.2 Å². The third kappa shape index (κ3) is 2.77. The molecule has 138 valence electrons. The molecule has 1 N–H and O–H groups in total. The molecular formula is C21H20N2O4. The van der Waals surface area contributed by atoms with E-state index in [-0.39, 0.29) is 11.3 Å². The van der Waals surface area contributed by atoms with E-state index in [0.29, 0.717) is 41.7 Å². The maximum atomic E-state index is 12.3. The molecule has 0 spiro atoms. The Hall–Kier alpha value is -3.15. The van der Waals surface area contributed by atoms with Crippen LogP contribution in [-0.4, -0.2) is 28.1 Å². The molecule has 0 aliphatic carbocycles. The number of benzene rings is 1. The highest BCUT2D eigenvalue weighted by Gasteiger charge is 2.44. The summed E-state index contributed by atoms with van der Waals surface area (Å²) in [7, 11) is 0. The number of hydrogen-bond acceptors (Lipinski definition) is 5. The number of aryl methyl sites for hydroxylation is 1. The topological polar surface area (TPSA) is 83.6 Å². The van der Waals surface area contributed by atoms with E-state index >= 15 is 0 Å². The van der Waals surface area contributed by atoms with Crippen LogP contribution >= 0.6 is 0 Å². The first-order chi connectivity index (χ1) is 14.1. The van der Waals surface area contributed by atoms with Crippen LogP contribution in [0, 0.1) is 6.85 Å². The molecule has 27 heavy (non-hydrogen) atoms. The van der Waals surface area contributed by atoms with Gasteiger partial charge in [-0.1, -0.05) is 24.3 Å². The fraction of sp³-hybridized carbons (Fsp3) is 0.286. The monoisotopic (exact) mass is 367 g/mol. The van der Waals surface area contributed by atoms with Crippen LogP contribution in [0.25, 0.3) is 22.2 Å². The van der Waals surface area contributed by atoms with Gasteiger partial charge in [0.1, 0.15) is 11.4 Å². The Morgan fingerprint density at radius 2 is 2.11 bits per heavy atom. The standard InChI is InChI=1S/C21H20N2O4/c1-13-6-3-4-7-14(13)16-12-18(24)27-19-15(16)8-9-17(22-19)23-11-5-10-21(23,2)20(25)26/h3-4,6-9,12H,5,10-11H2,1-2H3,(H,25,26)/i1D3. The van der Waals surface area contributed by atoms with Gasteiger partial charge in [-0.05, 0) is 49.9 Å². The second-order valence-electron chi connectivity index (χ2n) is 6.88. The first kappa shape index (κ1) is 14.0. The van der Waals surface area contributed by atoms with E-state index in [2.05, 4.69) is 4.98 Å². The summed E-state index contributed by atoms with van der Waals surface area (Å²) >= 11 is 0. The summed E-state index contributed by atoms with van der Waals surface area (Å²) in [6.07, 6.45) is 1.19. The Balaban J connectivity index is 1.91. The van der Waals surface area contributed by atoms with Crippen molar-refractivity contribution in [3.05, 3.63) is 58.4 Å². The molecule has 3 heterocycles. The number of nitrogens with zero attached hydrogens (tertiary/aromatic N) is 2. The van der Waals surface area contributed by atoms with Crippen molar-refractivity contribution in [3.63, 3.8) is 0 Å². The summed E-state index contributed by atoms with van der Waals surface area (Å²) in [6, 6.07) is 11.1. The van der Waals surface area contributed by atoms with Crippen molar-refractivity contribution in [1.82, 2.24) is 4.98 Å². The average molecular weight is 367 g/mol. The van der Waals surface area contributed by atoms with Gasteiger partial charge in [0.15, 0.2) is 0 Å². The van der Waals surface area contributed by atoms with Crippen molar-refractivity contribution < 1.29 is 18.4 Å². The minimum atomic E-state index is -2.36. The average Bonchev–Trinajstić information content (AvgIpc) is 3.09. The van der Waals surface area contributed by atoms with Crippen LogP contribution in [0.15, 0.2) is 51.7 Å². The largest absolute Gasteiger partial charge is 0.480 e. The van der Waals surface area contributed by atoms with Gasteiger partial charge >= 0.3 is 11.6 Å². The first-order valence-electron chi connectivity index (χ1n) is 10.2. The van der Waals surface area contributed by atoms with Crippen LogP contribution in [0.4, 0.5) is 5.82 Å². The van der Waals surface area contributed by atoms with Crippen LogP contribution in [0.1, 0.15) is 29.4 Å². The normalized spacial score (nSPS) is 21.7. The number of hydrogen-bond donors (Lipinski definition) is 1. The van der Waals surface area contributed by atoms with Crippen molar-refractivity contribution in [2.75, 3.05) is 11.4 Å². The summed E-state index contributed by atoms with van der Waals surface area (Å²) in [5.74, 6) is -0.544. The number of pyridine rings is 1. The van der Waals surface area contributed by atoms with Crippen molar-refractivity contribution in [2.24, 2.45) is 0 Å². The highest BCUT2D eigenvalue weighted by atomic mass is 16.4. The van der Waals surface area contributed by atoms with E-state index in [9.17, 15) is 14.7 Å². The van der Waals surface area contributed by atoms with Gasteiger partial charge in [0.2, 0.25) is 5.71 Å². The second-order valence-corrected chi connectivity index (χ2v) is 6.88. The molecule has 1 aromatic carbocycles. The Labute approximate surface area is 160 Å². The van der Waals surface area contributed by atoms with Crippen LogP contribution in [0.5, 0.6) is 0 Å². The Morgan fingerprint density at radius 3 is 2.89 bits per heavy atom. The summed E-state index contributed by atoms with van der Waals surface area (Å²) in [6.45, 7) is -0.189. The summed E-state index contributed by atoms with van der Waals surface area (Å²) in [4.78, 5) is 30.2. The van der Waals surface area contributed by atoms with Gasteiger partial charge in [-0.15, -0.1) is 0 Å². The van der Waals surface area contributed by atoms with Crippen molar-refractivity contribution >= 4 is 22.9 Å². The molecule has 0 radical (unpaired) electrons. The fourth-order valence-corrected chi connectivity index (χ4v) is 3.68. The minimum Gasteiger partial charge on any atom is -0.480 e. The molecule has 0 saturated carbocycles. The van der Waals surface area contributed by atoms with Gasteiger partial charge in [0, 0.05) is 27.7 Å². The van der Waals surface area contributed by atoms with Crippen LogP contribution in [0.3, 0.4) is 0 Å². The molecule has 0 amide bonds. The molecule has 6 nitrogen and oxygen atoms in total. The van der Waals surface area contributed by atoms with E-state index in [1.165, 1.54) is 12.1 Å². The molecule has 1 fully saturated rings. The zero-order chi connectivity index (χ0) is 21.7. The number of rotatable bonds is 3. The number of fused-ring (bicyclic) bond motifs is 1. The Kier molecular flexibility index (Phi) is 3.22. The predicted octanol–water partition coefficient (Wildman–Crippen LogP) is 3.61. The van der Waals surface area contributed by atoms with Crippen LogP contribution in [0.2, 0.25) is 0 Å². The molecular weight excluding hydrogens is 344 g/mol. The highest BCUT2D eigenvalue weighted by Crippen LogP contribution is 2.35. The lowest BCUT2D eigenvalue weighted by atomic mass is 9.98. The van der Waals surface area contributed by atoms with Gasteiger partial charge in [0.05, 0.1) is 0 Å². The van der Waals surface area contributed by atoms with Crippen molar-refractivity contribution in [3.8, 4) is 11.1 Å². The summed E-state index contributed by atoms with van der Waals surface area (Å²) in [5, 5.41) is 10.1. The maximum absolute atomic E-state index is 12.3. The maximum Gasteiger partial charge on any atom is 0.338 e. The Morgan fingerprint density at radius 1 is 1.30 bits per heavy atom. The number of anilines is 1. The molecule has 1 aliphatic heterocycles. The first-order valence-corrected chi connectivity index (χ1v) is 8.67. The number of aromatic nitrogens is 1. The molecule has 1 atom stereocenters. The van der Waals surface area contributed by atoms with Gasteiger partial charge < -0.3 is 14.4 Å². The molecule has 1 unspecified atom stereocenters. The van der Waals surface area contributed by atoms with Crippen LogP contribution in [-0.2, 0) is 4.79 Å². The lowest BCUT2D eigenvalue weighted by Gasteiger charge is -2.32. The number of carboxylic acids is 1. The number of aliphatic carboxylic acids is 1. The van der Waals surface area contributed by atoms with Crippen LogP contribution < -0.4 is 10.5 Å². The zero-order valence-corrected chi connectivity index (χ0v) is 14.7. The zero-order valence-electron chi connectivity index (χ0n) is 17.7. The SMILES string of the molecule is [2H]C([2H])([2H])c1ccccc1-c1cc(=O)oc2nc(N3CCCC3(C)C(=O)O)ccc12. The fourth-order valence-electron chi connectivity index (χ4n) is 3.68. The Bertz CT molecular complexity index is 1200. The molecule has 1 aliphatic rings. The van der Waals surface area contributed by atoms with Gasteiger partial charge in [0.25, 0.3) is 0 Å². The quantitative estimate of drug-likeness (QED) is 0.761. The highest BCUT2D eigenvalue weighted by molar-refractivity contribution is 5.93. The molecule has 0 bridgehead atoms. The molecule has 3 aromatic rings. The van der Waals surface area contributed by atoms with Gasteiger partial charge in [-0.25, -0.2) is 9.59 Å². The number of carboxylic acid groups (broad SMARTS) is 1. The second kappa shape index (κ2) is 6.23. The van der Waals surface area contributed by atoms with Crippen molar-refractivity contribution in [2.45, 2.75) is 32.2 Å². The van der Waals surface area contributed by atoms with E-state index < -0.39 is 24.0 Å². The summed E-state index contributed by atoms with van der Waals surface area (Å²) < 4.78 is 28.7. The lowest BCUT2D eigenvalue weighted by molar-refractivity contribution is -0.142. The van der Waals surface area contributed by atoms with E-state index in [1.807, 2.05) is 0 Å². The van der Waals surface area contributed by atoms with Gasteiger partial charge in [-0.2, -0.15) is 4.98 Å². The molecule has 1 saturated heterocycles.